The van der Waals surface area contributed by atoms with Gasteiger partial charge in [-0.15, -0.1) is 0 Å². The number of rotatable bonds is 1. The molecule has 2 nitrogen and oxygen atoms in total. The Morgan fingerprint density at radius 1 is 0.463 bits per heavy atom. The van der Waals surface area contributed by atoms with Crippen LogP contribution in [0.4, 0.5) is 0 Å². The van der Waals surface area contributed by atoms with E-state index < -0.39 is 18.3 Å². The quantitative estimate of drug-likeness (QED) is 0.118. The second kappa shape index (κ2) is 8.48. The molecule has 3 heteroatoms. The number of fused-ring (bicyclic) bond motifs is 2. The molecule has 0 spiro atoms. The van der Waals surface area contributed by atoms with Crippen molar-refractivity contribution in [1.82, 2.24) is 0 Å². The molecule has 0 N–H and O–H groups in total. The van der Waals surface area contributed by atoms with Gasteiger partial charge in [0, 0.05) is 0 Å². The minimum atomic E-state index is -0.409. The highest BCUT2D eigenvalue weighted by Gasteiger charge is 2.51. The smallest absolute Gasteiger partial charge is 0.399 e. The predicted molar refractivity (Wildman–Crippen MR) is 179 cm³/mol. The van der Waals surface area contributed by atoms with Crippen LogP contribution in [-0.2, 0) is 25.6 Å². The summed E-state index contributed by atoms with van der Waals surface area (Å²) in [5.41, 5.74) is 4.49. The van der Waals surface area contributed by atoms with E-state index >= 15 is 0 Å². The molecular weight excluding hydrogens is 499 g/mol. The standard InChI is InChI=1S/C38H47BO2/c1-34(2,3)24-14-22-15-25(35(4,5)6)20-30-31-21-27(39-40-37(10,11)38(12,13)41-39)17-23-16-26(36(7,8)9)19-29(33(23)31)28(18-24)32(22)30/h14-21H,1-13H3. The van der Waals surface area contributed by atoms with Crippen LogP contribution in [0.3, 0.4) is 0 Å². The second-order valence-corrected chi connectivity index (χ2v) is 16.7. The van der Waals surface area contributed by atoms with E-state index in [1.807, 2.05) is 0 Å². The summed E-state index contributed by atoms with van der Waals surface area (Å²) >= 11 is 0. The van der Waals surface area contributed by atoms with Crippen molar-refractivity contribution in [3.8, 4) is 0 Å². The third kappa shape index (κ3) is 4.47. The van der Waals surface area contributed by atoms with E-state index in [2.05, 4.69) is 139 Å². The van der Waals surface area contributed by atoms with Crippen LogP contribution in [-0.4, -0.2) is 18.3 Å². The highest BCUT2D eigenvalue weighted by Crippen LogP contribution is 2.45. The van der Waals surface area contributed by atoms with Crippen molar-refractivity contribution in [2.45, 2.75) is 117 Å². The molecule has 1 heterocycles. The van der Waals surface area contributed by atoms with Crippen LogP contribution in [0.5, 0.6) is 0 Å². The fourth-order valence-corrected chi connectivity index (χ4v) is 6.32. The molecule has 0 aliphatic carbocycles. The fourth-order valence-electron chi connectivity index (χ4n) is 6.32. The van der Waals surface area contributed by atoms with E-state index in [9.17, 15) is 0 Å². The normalized spacial score (nSPS) is 18.0. The second-order valence-electron chi connectivity index (χ2n) is 16.7. The zero-order valence-electron chi connectivity index (χ0n) is 27.5. The van der Waals surface area contributed by atoms with E-state index in [1.165, 1.54) is 59.8 Å². The van der Waals surface area contributed by atoms with Crippen LogP contribution in [0.1, 0.15) is 107 Å². The first-order chi connectivity index (χ1) is 18.7. The van der Waals surface area contributed by atoms with Crippen LogP contribution >= 0.6 is 0 Å². The molecule has 1 aliphatic heterocycles. The number of hydrogen-bond acceptors (Lipinski definition) is 2. The Hall–Kier alpha value is -2.62. The van der Waals surface area contributed by atoms with Gasteiger partial charge in [-0.1, -0.05) is 92.6 Å². The summed E-state index contributed by atoms with van der Waals surface area (Å²) in [5.74, 6) is 0. The number of benzene rings is 5. The van der Waals surface area contributed by atoms with Crippen LogP contribution in [0.15, 0.2) is 48.5 Å². The minimum Gasteiger partial charge on any atom is -0.399 e. The Morgan fingerprint density at radius 2 is 0.780 bits per heavy atom. The van der Waals surface area contributed by atoms with Crippen molar-refractivity contribution in [3.05, 3.63) is 65.2 Å². The van der Waals surface area contributed by atoms with Gasteiger partial charge in [0.05, 0.1) is 11.2 Å². The predicted octanol–water partition coefficient (Wildman–Crippen LogP) is 9.93. The maximum Gasteiger partial charge on any atom is 0.494 e. The lowest BCUT2D eigenvalue weighted by atomic mass is 9.74. The first-order valence-electron chi connectivity index (χ1n) is 15.3. The zero-order chi connectivity index (χ0) is 30.1. The van der Waals surface area contributed by atoms with Crippen molar-refractivity contribution in [2.24, 2.45) is 0 Å². The van der Waals surface area contributed by atoms with Crippen molar-refractivity contribution in [3.63, 3.8) is 0 Å². The van der Waals surface area contributed by atoms with Gasteiger partial charge in [-0.25, -0.2) is 0 Å². The molecule has 0 amide bonds. The lowest BCUT2D eigenvalue weighted by Crippen LogP contribution is -2.41. The van der Waals surface area contributed by atoms with Gasteiger partial charge in [-0.2, -0.15) is 0 Å². The van der Waals surface area contributed by atoms with Crippen LogP contribution < -0.4 is 5.46 Å². The van der Waals surface area contributed by atoms with Crippen LogP contribution in [0.2, 0.25) is 0 Å². The van der Waals surface area contributed by atoms with Gasteiger partial charge in [0.2, 0.25) is 0 Å². The van der Waals surface area contributed by atoms with Crippen molar-refractivity contribution in [2.75, 3.05) is 0 Å². The van der Waals surface area contributed by atoms with E-state index in [0.29, 0.717) is 0 Å². The summed E-state index contributed by atoms with van der Waals surface area (Å²) in [7, 11) is -0.409. The summed E-state index contributed by atoms with van der Waals surface area (Å²) in [6.07, 6.45) is 0. The lowest BCUT2D eigenvalue weighted by molar-refractivity contribution is 0.00578. The van der Waals surface area contributed by atoms with Gasteiger partial charge < -0.3 is 9.31 Å². The largest absolute Gasteiger partial charge is 0.494 e. The Bertz CT molecular complexity index is 1820. The summed E-state index contributed by atoms with van der Waals surface area (Å²) in [6.45, 7) is 29.4. The zero-order valence-corrected chi connectivity index (χ0v) is 27.5. The Labute approximate surface area is 247 Å². The van der Waals surface area contributed by atoms with Crippen molar-refractivity contribution < 1.29 is 9.31 Å². The summed E-state index contributed by atoms with van der Waals surface area (Å²) in [4.78, 5) is 0. The van der Waals surface area contributed by atoms with Crippen molar-refractivity contribution >= 4 is 55.7 Å². The Kier molecular flexibility index (Phi) is 5.90. The summed E-state index contributed by atoms with van der Waals surface area (Å²) in [6, 6.07) is 19.3. The summed E-state index contributed by atoms with van der Waals surface area (Å²) in [5, 5.41) is 10.6. The molecular formula is C38H47BO2. The molecule has 214 valence electrons. The topological polar surface area (TPSA) is 18.5 Å². The van der Waals surface area contributed by atoms with E-state index in [1.54, 1.807) is 0 Å². The first-order valence-corrected chi connectivity index (χ1v) is 15.3. The molecule has 5 aromatic carbocycles. The highest BCUT2D eigenvalue weighted by atomic mass is 16.7. The lowest BCUT2D eigenvalue weighted by Gasteiger charge is -2.32. The minimum absolute atomic E-state index is 0.0162. The molecule has 0 bridgehead atoms. The molecule has 0 aromatic heterocycles. The molecule has 0 radical (unpaired) electrons. The molecule has 0 atom stereocenters. The molecule has 0 unspecified atom stereocenters. The molecule has 1 fully saturated rings. The van der Waals surface area contributed by atoms with E-state index in [-0.39, 0.29) is 16.2 Å². The Balaban J connectivity index is 1.82. The van der Waals surface area contributed by atoms with Crippen LogP contribution in [0.25, 0.3) is 43.1 Å². The molecule has 1 aliphatic rings. The Morgan fingerprint density at radius 3 is 1.12 bits per heavy atom. The SMILES string of the molecule is CC(C)(C)c1cc2cc(B3OC(C)(C)C(C)(C)O3)cc3c4cc(C(C)(C)C)cc5cc(C(C)(C)C)cc(c(c1)c23)c54. The van der Waals surface area contributed by atoms with Gasteiger partial charge in [0.15, 0.2) is 0 Å². The van der Waals surface area contributed by atoms with Crippen molar-refractivity contribution in [1.29, 1.82) is 0 Å². The van der Waals surface area contributed by atoms with E-state index in [4.69, 9.17) is 9.31 Å². The maximum absolute atomic E-state index is 6.60. The highest BCUT2D eigenvalue weighted by molar-refractivity contribution is 6.63. The third-order valence-electron chi connectivity index (χ3n) is 9.82. The molecule has 6 rings (SSSR count). The maximum atomic E-state index is 6.60. The average Bonchev–Trinajstić information content (AvgIpc) is 3.05. The molecule has 0 saturated carbocycles. The summed E-state index contributed by atoms with van der Waals surface area (Å²) < 4.78 is 13.2. The molecule has 5 aromatic rings. The fraction of sp³-hybridized carbons (Fsp3) is 0.474. The van der Waals surface area contributed by atoms with Gasteiger partial charge in [0.25, 0.3) is 0 Å². The molecule has 41 heavy (non-hydrogen) atoms. The average molecular weight is 547 g/mol. The monoisotopic (exact) mass is 546 g/mol. The van der Waals surface area contributed by atoms with Gasteiger partial charge >= 0.3 is 7.12 Å². The van der Waals surface area contributed by atoms with Gasteiger partial charge in [0.1, 0.15) is 0 Å². The van der Waals surface area contributed by atoms with E-state index in [0.717, 1.165) is 5.46 Å². The van der Waals surface area contributed by atoms with Crippen LogP contribution in [0, 0.1) is 0 Å². The molecule has 1 saturated heterocycles. The van der Waals surface area contributed by atoms with Gasteiger partial charge in [-0.05, 0) is 127 Å². The first kappa shape index (κ1) is 28.5. The van der Waals surface area contributed by atoms with Gasteiger partial charge in [-0.3, -0.25) is 0 Å². The third-order valence-corrected chi connectivity index (χ3v) is 9.82. The number of hydrogen-bond donors (Lipinski definition) is 0.